The van der Waals surface area contributed by atoms with Gasteiger partial charge in [0, 0.05) is 157 Å². The molecule has 31 aromatic rings. The van der Waals surface area contributed by atoms with Crippen LogP contribution in [0.4, 0.5) is 0 Å². The largest absolute Gasteiger partial charge is 0.309 e. The van der Waals surface area contributed by atoms with Crippen molar-refractivity contribution in [3.05, 3.63) is 474 Å². The highest BCUT2D eigenvalue weighted by atomic mass is 15.3. The molecule has 18 nitrogen and oxygen atoms in total. The van der Waals surface area contributed by atoms with E-state index >= 15 is 0 Å². The van der Waals surface area contributed by atoms with Crippen LogP contribution in [0.5, 0.6) is 0 Å². The zero-order valence-corrected chi connectivity index (χ0v) is 77.6. The molecule has 0 aliphatic carbocycles. The molecule has 0 N–H and O–H groups in total. The summed E-state index contributed by atoms with van der Waals surface area (Å²) in [6.07, 6.45) is 10.1. The molecule has 0 fully saturated rings. The lowest BCUT2D eigenvalue weighted by Crippen LogP contribution is -2.06. The number of hydrogen-bond acceptors (Lipinski definition) is 11. The van der Waals surface area contributed by atoms with Crippen LogP contribution in [0.25, 0.3) is 271 Å². The number of benzene rings is 17. The third-order valence-corrected chi connectivity index (χ3v) is 28.3. The third kappa shape index (κ3) is 13.0. The molecule has 31 rings (SSSR count). The molecule has 18 heteroatoms. The van der Waals surface area contributed by atoms with Crippen LogP contribution in [0, 0.1) is 0 Å². The van der Waals surface area contributed by atoms with Crippen LogP contribution in [0.2, 0.25) is 0 Å². The van der Waals surface area contributed by atoms with Gasteiger partial charge in [-0.25, -0.2) is 29.9 Å². The Balaban J connectivity index is 0.000000104. The Kier molecular flexibility index (Phi) is 18.9. The van der Waals surface area contributed by atoms with E-state index in [2.05, 4.69) is 372 Å². The summed E-state index contributed by atoms with van der Waals surface area (Å²) < 4.78 is 16.0. The van der Waals surface area contributed by atoms with Crippen LogP contribution < -0.4 is 0 Å². The van der Waals surface area contributed by atoms with Crippen molar-refractivity contribution in [2.75, 3.05) is 0 Å². The minimum absolute atomic E-state index is 0.599. The molecule has 0 saturated carbocycles. The van der Waals surface area contributed by atoms with Crippen LogP contribution in [0.3, 0.4) is 0 Å². The van der Waals surface area contributed by atoms with E-state index in [1.54, 1.807) is 0 Å². The molecule has 0 atom stereocenters. The predicted molar refractivity (Wildman–Crippen MR) is 590 cm³/mol. The van der Waals surface area contributed by atoms with E-state index in [4.69, 9.17) is 54.8 Å². The van der Waals surface area contributed by atoms with Crippen molar-refractivity contribution >= 4 is 186 Å². The smallest absolute Gasteiger partial charge is 0.235 e. The number of aromatic nitrogens is 18. The maximum Gasteiger partial charge on any atom is 0.235 e. The third-order valence-electron chi connectivity index (χ3n) is 28.3. The summed E-state index contributed by atoms with van der Waals surface area (Å²) in [5.41, 5.74) is 30.0. The first-order valence-electron chi connectivity index (χ1n) is 48.5. The maximum atomic E-state index is 5.28. The van der Waals surface area contributed by atoms with Crippen molar-refractivity contribution < 1.29 is 0 Å². The second kappa shape index (κ2) is 33.3. The minimum Gasteiger partial charge on any atom is -0.309 e. The van der Waals surface area contributed by atoms with E-state index in [1.165, 1.54) is 10.8 Å². The minimum atomic E-state index is 0.599. The molecule has 676 valence electrons. The normalized spacial score (nSPS) is 11.9. The Bertz CT molecular complexity index is 10600. The van der Waals surface area contributed by atoms with Gasteiger partial charge in [-0.2, -0.15) is 0 Å². The van der Waals surface area contributed by atoms with Crippen molar-refractivity contribution in [3.63, 3.8) is 0 Å². The predicted octanol–water partition coefficient (Wildman–Crippen LogP) is 30.2. The number of hydrogen-bond donors (Lipinski definition) is 0. The number of rotatable bonds is 11. The van der Waals surface area contributed by atoms with Gasteiger partial charge >= 0.3 is 0 Å². The van der Waals surface area contributed by atoms with E-state index in [0.717, 1.165) is 237 Å². The summed E-state index contributed by atoms with van der Waals surface area (Å²) in [5.74, 6) is 3.28. The van der Waals surface area contributed by atoms with Gasteiger partial charge in [-0.1, -0.05) is 322 Å². The second-order valence-electron chi connectivity index (χ2n) is 36.4. The molecule has 0 unspecified atom stereocenters. The van der Waals surface area contributed by atoms with Gasteiger partial charge < -0.3 is 18.3 Å². The highest BCUT2D eigenvalue weighted by molar-refractivity contribution is 6.28. The summed E-state index contributed by atoms with van der Waals surface area (Å²) in [6, 6.07) is 153. The number of pyridine rings is 5. The van der Waals surface area contributed by atoms with Crippen molar-refractivity contribution in [3.8, 4) is 85.8 Å². The fraction of sp³-hybridized carbons (Fsp3) is 0. The van der Waals surface area contributed by atoms with E-state index in [-0.39, 0.29) is 0 Å². The quantitative estimate of drug-likeness (QED) is 0.120. The summed E-state index contributed by atoms with van der Waals surface area (Å²) >= 11 is 0. The van der Waals surface area contributed by atoms with E-state index in [1.807, 2.05) is 134 Å². The SMILES string of the molecule is c1ccc(-c2nc(-c3ccccc3)nc(-c3cccc(-n4c5ccccc5c5ccc6c(ncc7c8ccccc8n(-c8ccccc8)c76)c54)c3)n2)cc1.c1ccc(-c2nc(-n3c4ccccc4c4cnc5c(ncc6c7ccccc7n(-c7ccccc7)c65)c43)nc3ccccc23)cc1.c1ccc(-n2c(-n3c4ccccc4c4ncc5c(ncc6c7ccccc7n(-c7ccccc7)c65)c43)nc3ccccc32)cc1. The lowest BCUT2D eigenvalue weighted by Gasteiger charge is -2.13. The molecule has 0 amide bonds. The molecular weight excluding hydrogens is 1780 g/mol. The fourth-order valence-electron chi connectivity index (χ4n) is 22.0. The average molecular weight is 1860 g/mol. The molecule has 0 bridgehead atoms. The molecule has 17 aromatic carbocycles. The Morgan fingerprint density at radius 3 is 0.959 bits per heavy atom. The van der Waals surface area contributed by atoms with E-state index in [0.29, 0.717) is 23.4 Å². The van der Waals surface area contributed by atoms with E-state index in [9.17, 15) is 0 Å². The lowest BCUT2D eigenvalue weighted by atomic mass is 10.1. The van der Waals surface area contributed by atoms with Gasteiger partial charge in [0.15, 0.2) is 17.5 Å². The molecule has 14 aromatic heterocycles. The zero-order valence-electron chi connectivity index (χ0n) is 77.6. The molecular formula is C127H78N18. The highest BCUT2D eigenvalue weighted by Gasteiger charge is 2.30. The van der Waals surface area contributed by atoms with Gasteiger partial charge in [-0.15, -0.1) is 0 Å². The van der Waals surface area contributed by atoms with Crippen molar-refractivity contribution in [2.24, 2.45) is 0 Å². The number of para-hydroxylation sites is 13. The van der Waals surface area contributed by atoms with Crippen molar-refractivity contribution in [1.82, 2.24) is 86.8 Å². The molecule has 14 heterocycles. The zero-order chi connectivity index (χ0) is 95.3. The number of imidazole rings is 1. The van der Waals surface area contributed by atoms with Gasteiger partial charge in [0.05, 0.1) is 94.0 Å². The second-order valence-corrected chi connectivity index (χ2v) is 36.4. The Labute approximate surface area is 826 Å². The van der Waals surface area contributed by atoms with Gasteiger partial charge in [-0.05, 0) is 121 Å². The number of fused-ring (bicyclic) bond motifs is 29. The van der Waals surface area contributed by atoms with Crippen LogP contribution in [-0.4, -0.2) is 86.8 Å². The standard InChI is InChI=1S/C48H30N6.C40H24N6.C39H24N6/c1-4-15-31(16-5-1)46-50-47(32-17-6-2-7-18-32)52-48(51-46)33-19-14-22-35(29-33)54-41-25-12-10-23-36(41)38-27-28-39-43(45(38)54)49-30-40-37-24-11-13-26-42(37)53(44(39)40)34-20-8-3-9-21-34;1-3-13-25(14-4-1)35-29-19-7-10-20-32(29)43-40(44-35)46-34-22-12-9-18-28(34)31-24-41-36-37(39(31)46)42-23-30-27-17-8-11-21-33(27)45(38(30)36)26-15-5-2-6-16-26;1-3-13-25(14-4-1)43-32-20-10-7-17-27(32)29-23-40-36-30(37(29)43)24-41-35-28-18-8-11-21-33(28)45(38(35)36)39-42-31-19-9-12-22-34(31)44(39)26-15-5-2-6-16-26/h1-30H;1-24H;1-24H. The van der Waals surface area contributed by atoms with Gasteiger partial charge in [0.2, 0.25) is 11.9 Å². The van der Waals surface area contributed by atoms with E-state index < -0.39 is 0 Å². The Hall–Kier alpha value is -20.1. The first-order chi connectivity index (χ1) is 72.0. The summed E-state index contributed by atoms with van der Waals surface area (Å²) in [7, 11) is 0. The summed E-state index contributed by atoms with van der Waals surface area (Å²) in [4.78, 5) is 56.7. The lowest BCUT2D eigenvalue weighted by molar-refractivity contribution is 0.956. The first kappa shape index (κ1) is 82.0. The Morgan fingerprint density at radius 1 is 0.152 bits per heavy atom. The molecule has 0 radical (unpaired) electrons. The molecule has 0 saturated heterocycles. The first-order valence-corrected chi connectivity index (χ1v) is 48.5. The van der Waals surface area contributed by atoms with Crippen LogP contribution in [-0.2, 0) is 0 Å². The number of nitrogens with zero attached hydrogens (tertiary/aromatic N) is 18. The van der Waals surface area contributed by atoms with Gasteiger partial charge in [0.1, 0.15) is 22.1 Å². The molecule has 145 heavy (non-hydrogen) atoms. The molecule has 0 spiro atoms. The Morgan fingerprint density at radius 2 is 0.462 bits per heavy atom. The fourth-order valence-corrected chi connectivity index (χ4v) is 22.0. The van der Waals surface area contributed by atoms with Crippen LogP contribution >= 0.6 is 0 Å². The monoisotopic (exact) mass is 1850 g/mol. The topological polar surface area (TPSA) is 176 Å². The van der Waals surface area contributed by atoms with Gasteiger partial charge in [-0.3, -0.25) is 38.6 Å². The summed E-state index contributed by atoms with van der Waals surface area (Å²) in [6.45, 7) is 0. The van der Waals surface area contributed by atoms with Crippen molar-refractivity contribution in [1.29, 1.82) is 0 Å². The van der Waals surface area contributed by atoms with Crippen molar-refractivity contribution in [2.45, 2.75) is 0 Å². The average Bonchev–Trinajstić information content (AvgIpc) is 1.56. The van der Waals surface area contributed by atoms with Gasteiger partial charge in [0.25, 0.3) is 0 Å². The van der Waals surface area contributed by atoms with Crippen LogP contribution in [0.15, 0.2) is 474 Å². The summed E-state index contributed by atoms with van der Waals surface area (Å²) in [5, 5.41) is 15.3. The van der Waals surface area contributed by atoms with Crippen LogP contribution in [0.1, 0.15) is 0 Å². The molecule has 0 aliphatic rings. The maximum absolute atomic E-state index is 5.28. The molecule has 0 aliphatic heterocycles. The highest BCUT2D eigenvalue weighted by Crippen LogP contribution is 2.47.